The van der Waals surface area contributed by atoms with E-state index in [4.69, 9.17) is 5.73 Å². The number of carbonyl (C=O) groups is 2. The molecule has 0 bridgehead atoms. The van der Waals surface area contributed by atoms with Crippen molar-refractivity contribution in [2.45, 2.75) is 32.4 Å². The fraction of sp³-hybridized carbons (Fsp3) is 0.714. The van der Waals surface area contributed by atoms with Gasteiger partial charge in [0.05, 0.1) is 6.20 Å². The van der Waals surface area contributed by atoms with E-state index >= 15 is 0 Å². The summed E-state index contributed by atoms with van der Waals surface area (Å²) in [4.78, 5) is 27.5. The molecule has 2 heterocycles. The number of likely N-dealkylation sites (tertiary alicyclic amines) is 1. The van der Waals surface area contributed by atoms with Gasteiger partial charge in [-0.15, -0.1) is 5.10 Å². The fourth-order valence-electron chi connectivity index (χ4n) is 2.64. The maximum Gasteiger partial charge on any atom is 0.276 e. The highest BCUT2D eigenvalue weighted by atomic mass is 16.2. The van der Waals surface area contributed by atoms with E-state index in [0.717, 1.165) is 12.8 Å². The minimum absolute atomic E-state index is 0.0461. The van der Waals surface area contributed by atoms with Crippen molar-refractivity contribution in [3.8, 4) is 0 Å². The van der Waals surface area contributed by atoms with Crippen molar-refractivity contribution < 1.29 is 9.59 Å². The number of likely N-dealkylation sites (N-methyl/N-ethyl adjacent to an activating group) is 1. The summed E-state index contributed by atoms with van der Waals surface area (Å²) in [7, 11) is 3.35. The third-order valence-corrected chi connectivity index (χ3v) is 4.06. The molecule has 2 unspecified atom stereocenters. The van der Waals surface area contributed by atoms with E-state index in [1.165, 1.54) is 15.8 Å². The van der Waals surface area contributed by atoms with E-state index in [9.17, 15) is 9.59 Å². The van der Waals surface area contributed by atoms with Crippen LogP contribution in [0.15, 0.2) is 6.20 Å². The van der Waals surface area contributed by atoms with Gasteiger partial charge >= 0.3 is 0 Å². The van der Waals surface area contributed by atoms with E-state index in [1.807, 2.05) is 0 Å². The van der Waals surface area contributed by atoms with Crippen molar-refractivity contribution in [3.05, 3.63) is 11.9 Å². The number of nitrogens with zero attached hydrogens (tertiary/aromatic N) is 5. The molecule has 1 saturated heterocycles. The molecular formula is C14H24N6O2. The van der Waals surface area contributed by atoms with E-state index in [2.05, 4.69) is 17.2 Å². The van der Waals surface area contributed by atoms with Crippen molar-refractivity contribution in [2.24, 2.45) is 11.7 Å². The lowest BCUT2D eigenvalue weighted by Gasteiger charge is -2.37. The first-order valence-electron chi connectivity index (χ1n) is 7.53. The molecule has 2 rings (SSSR count). The minimum Gasteiger partial charge on any atom is -0.347 e. The molecule has 1 aromatic rings. The molecule has 1 aromatic heterocycles. The van der Waals surface area contributed by atoms with Crippen LogP contribution in [0.2, 0.25) is 0 Å². The number of aromatic nitrogens is 3. The zero-order valence-electron chi connectivity index (χ0n) is 13.4. The van der Waals surface area contributed by atoms with Gasteiger partial charge in [-0.2, -0.15) is 0 Å². The SMILES string of the molecule is CC1CCN(C(=O)c2cn(CC(=O)N(C)C)nn2)C(CN)C1. The Morgan fingerprint density at radius 2 is 2.18 bits per heavy atom. The summed E-state index contributed by atoms with van der Waals surface area (Å²) in [5, 5.41) is 7.76. The minimum atomic E-state index is -0.161. The molecule has 8 heteroatoms. The third-order valence-electron chi connectivity index (χ3n) is 4.06. The summed E-state index contributed by atoms with van der Waals surface area (Å²) in [6.45, 7) is 3.38. The number of carbonyl (C=O) groups excluding carboxylic acids is 2. The Kier molecular flexibility index (Phi) is 5.12. The average Bonchev–Trinajstić information content (AvgIpc) is 2.94. The number of hydrogen-bond acceptors (Lipinski definition) is 5. The topological polar surface area (TPSA) is 97.4 Å². The lowest BCUT2D eigenvalue weighted by molar-refractivity contribution is -0.129. The Labute approximate surface area is 130 Å². The molecule has 0 aliphatic carbocycles. The van der Waals surface area contributed by atoms with Crippen LogP contribution in [0.1, 0.15) is 30.3 Å². The molecule has 1 fully saturated rings. The number of rotatable bonds is 4. The van der Waals surface area contributed by atoms with Gasteiger partial charge in [-0.05, 0) is 18.8 Å². The molecule has 0 saturated carbocycles. The maximum absolute atomic E-state index is 12.6. The average molecular weight is 308 g/mol. The summed E-state index contributed by atoms with van der Waals surface area (Å²) in [5.41, 5.74) is 6.05. The van der Waals surface area contributed by atoms with Gasteiger partial charge < -0.3 is 15.5 Å². The largest absolute Gasteiger partial charge is 0.347 e. The first-order valence-corrected chi connectivity index (χ1v) is 7.53. The first kappa shape index (κ1) is 16.4. The van der Waals surface area contributed by atoms with Crippen LogP contribution < -0.4 is 5.73 Å². The molecule has 122 valence electrons. The molecule has 2 atom stereocenters. The Morgan fingerprint density at radius 3 is 2.82 bits per heavy atom. The second-order valence-corrected chi connectivity index (χ2v) is 6.11. The molecule has 0 aromatic carbocycles. The van der Waals surface area contributed by atoms with Crippen LogP contribution in [-0.2, 0) is 11.3 Å². The number of hydrogen-bond donors (Lipinski definition) is 1. The van der Waals surface area contributed by atoms with Crippen LogP contribution in [0.25, 0.3) is 0 Å². The Bertz CT molecular complexity index is 541. The zero-order chi connectivity index (χ0) is 16.3. The maximum atomic E-state index is 12.6. The molecule has 1 aliphatic rings. The number of piperidine rings is 1. The predicted octanol–water partition coefficient (Wildman–Crippen LogP) is -0.434. The van der Waals surface area contributed by atoms with Crippen LogP contribution in [0.3, 0.4) is 0 Å². The van der Waals surface area contributed by atoms with Crippen LogP contribution in [0.5, 0.6) is 0 Å². The monoisotopic (exact) mass is 308 g/mol. The lowest BCUT2D eigenvalue weighted by atomic mass is 9.92. The van der Waals surface area contributed by atoms with Gasteiger partial charge in [0.15, 0.2) is 5.69 Å². The Balaban J connectivity index is 2.06. The highest BCUT2D eigenvalue weighted by Crippen LogP contribution is 2.23. The summed E-state index contributed by atoms with van der Waals surface area (Å²) in [6, 6.07) is 0.0461. The van der Waals surface area contributed by atoms with Crippen LogP contribution >= 0.6 is 0 Å². The Morgan fingerprint density at radius 1 is 1.45 bits per heavy atom. The van der Waals surface area contributed by atoms with Gasteiger partial charge in [-0.3, -0.25) is 9.59 Å². The van der Waals surface area contributed by atoms with E-state index in [-0.39, 0.29) is 30.1 Å². The molecule has 8 nitrogen and oxygen atoms in total. The second-order valence-electron chi connectivity index (χ2n) is 6.11. The molecule has 1 aliphatic heterocycles. The summed E-state index contributed by atoms with van der Waals surface area (Å²) >= 11 is 0. The quantitative estimate of drug-likeness (QED) is 0.813. The molecule has 22 heavy (non-hydrogen) atoms. The normalized spacial score (nSPS) is 21.7. The smallest absolute Gasteiger partial charge is 0.276 e. The molecule has 0 radical (unpaired) electrons. The summed E-state index contributed by atoms with van der Waals surface area (Å²) in [5.74, 6) is 0.312. The van der Waals surface area contributed by atoms with E-state index in [0.29, 0.717) is 19.0 Å². The molecule has 2 N–H and O–H groups in total. The number of amides is 2. The molecular weight excluding hydrogens is 284 g/mol. The third kappa shape index (κ3) is 3.62. The van der Waals surface area contributed by atoms with E-state index < -0.39 is 0 Å². The summed E-state index contributed by atoms with van der Waals surface area (Å²) < 4.78 is 1.39. The van der Waals surface area contributed by atoms with Crippen LogP contribution in [0.4, 0.5) is 0 Å². The van der Waals surface area contributed by atoms with Crippen molar-refractivity contribution in [1.29, 1.82) is 0 Å². The first-order chi connectivity index (χ1) is 10.4. The van der Waals surface area contributed by atoms with Gasteiger partial charge in [0, 0.05) is 33.2 Å². The fourth-order valence-corrected chi connectivity index (χ4v) is 2.64. The second kappa shape index (κ2) is 6.87. The van der Waals surface area contributed by atoms with Gasteiger partial charge in [0.25, 0.3) is 5.91 Å². The standard InChI is InChI=1S/C14H24N6O2/c1-10-4-5-20(11(6-10)7-15)14(22)12-8-19(17-16-12)9-13(21)18(2)3/h8,10-11H,4-7,9,15H2,1-3H3. The number of nitrogens with two attached hydrogens (primary N) is 1. The molecule has 2 amide bonds. The van der Waals surface area contributed by atoms with Crippen molar-refractivity contribution in [2.75, 3.05) is 27.2 Å². The van der Waals surface area contributed by atoms with Crippen molar-refractivity contribution in [3.63, 3.8) is 0 Å². The lowest BCUT2D eigenvalue weighted by Crippen LogP contribution is -2.49. The van der Waals surface area contributed by atoms with Gasteiger partial charge in [-0.25, -0.2) is 4.68 Å². The van der Waals surface area contributed by atoms with Gasteiger partial charge in [0.2, 0.25) is 5.91 Å². The Hall–Kier alpha value is -1.96. The zero-order valence-corrected chi connectivity index (χ0v) is 13.4. The highest BCUT2D eigenvalue weighted by molar-refractivity contribution is 5.92. The van der Waals surface area contributed by atoms with Crippen LogP contribution in [-0.4, -0.2) is 69.8 Å². The van der Waals surface area contributed by atoms with E-state index in [1.54, 1.807) is 19.0 Å². The van der Waals surface area contributed by atoms with Gasteiger partial charge in [0.1, 0.15) is 6.54 Å². The van der Waals surface area contributed by atoms with Crippen molar-refractivity contribution in [1.82, 2.24) is 24.8 Å². The van der Waals surface area contributed by atoms with Crippen LogP contribution in [0, 0.1) is 5.92 Å². The highest BCUT2D eigenvalue weighted by Gasteiger charge is 2.30. The predicted molar refractivity (Wildman–Crippen MR) is 81.0 cm³/mol. The molecule has 0 spiro atoms. The van der Waals surface area contributed by atoms with Gasteiger partial charge in [-0.1, -0.05) is 12.1 Å². The van der Waals surface area contributed by atoms with Crippen molar-refractivity contribution >= 4 is 11.8 Å². The summed E-state index contributed by atoms with van der Waals surface area (Å²) in [6.07, 6.45) is 3.40.